The molecule has 1 aliphatic rings. The maximum atomic E-state index is 11.6. The molecule has 1 aromatic carbocycles. The lowest BCUT2D eigenvalue weighted by molar-refractivity contribution is 0.156. The first-order chi connectivity index (χ1) is 9.36. The molecule has 2 N–H and O–H groups in total. The zero-order chi connectivity index (χ0) is 14.8. The normalized spacial score (nSPS) is 23.2. The fraction of sp³-hybridized carbons (Fsp3) is 0.500. The Kier molecular flexibility index (Phi) is 4.65. The number of rotatable bonds is 4. The van der Waals surface area contributed by atoms with Gasteiger partial charge in [-0.1, -0.05) is 24.4 Å². The molecule has 110 valence electrons. The van der Waals surface area contributed by atoms with Crippen LogP contribution < -0.4 is 10.5 Å². The van der Waals surface area contributed by atoms with Crippen LogP contribution in [0.2, 0.25) is 0 Å². The van der Waals surface area contributed by atoms with Gasteiger partial charge in [-0.25, -0.2) is 8.42 Å². The van der Waals surface area contributed by atoms with Crippen LogP contribution in [0.3, 0.4) is 0 Å². The van der Waals surface area contributed by atoms with Crippen LogP contribution in [0.15, 0.2) is 24.3 Å². The number of benzene rings is 1. The molecule has 1 fully saturated rings. The van der Waals surface area contributed by atoms with Crippen LogP contribution in [0, 0.1) is 0 Å². The summed E-state index contributed by atoms with van der Waals surface area (Å²) in [6.07, 6.45) is 4.26. The van der Waals surface area contributed by atoms with Crippen LogP contribution in [0.5, 0.6) is 5.75 Å². The molecule has 0 aromatic heterocycles. The van der Waals surface area contributed by atoms with Crippen LogP contribution in [-0.2, 0) is 9.84 Å². The van der Waals surface area contributed by atoms with Gasteiger partial charge in [0.1, 0.15) is 20.6 Å². The van der Waals surface area contributed by atoms with E-state index in [0.29, 0.717) is 17.2 Å². The zero-order valence-electron chi connectivity index (χ0n) is 11.4. The molecular weight excluding hydrogens is 294 g/mol. The van der Waals surface area contributed by atoms with Crippen molar-refractivity contribution < 1.29 is 13.2 Å². The van der Waals surface area contributed by atoms with Gasteiger partial charge in [-0.3, -0.25) is 0 Å². The largest absolute Gasteiger partial charge is 0.490 e. The molecule has 0 spiro atoms. The summed E-state index contributed by atoms with van der Waals surface area (Å²) in [4.78, 5) is 0.327. The summed E-state index contributed by atoms with van der Waals surface area (Å²) < 4.78 is 29.2. The molecule has 2 unspecified atom stereocenters. The molecule has 4 nitrogen and oxygen atoms in total. The highest BCUT2D eigenvalue weighted by atomic mass is 32.2. The molecule has 0 radical (unpaired) electrons. The first-order valence-electron chi connectivity index (χ1n) is 6.61. The molecule has 1 aromatic rings. The average molecular weight is 313 g/mol. The van der Waals surface area contributed by atoms with Crippen molar-refractivity contribution in [2.24, 2.45) is 5.73 Å². The van der Waals surface area contributed by atoms with Crippen LogP contribution in [0.25, 0.3) is 0 Å². The Morgan fingerprint density at radius 1 is 1.40 bits per heavy atom. The minimum absolute atomic E-state index is 0.0647. The van der Waals surface area contributed by atoms with E-state index in [1.54, 1.807) is 6.07 Å². The fourth-order valence-corrected chi connectivity index (χ4v) is 3.80. The van der Waals surface area contributed by atoms with Crippen molar-refractivity contribution in [1.82, 2.24) is 0 Å². The number of hydrogen-bond donors (Lipinski definition) is 1. The topological polar surface area (TPSA) is 69.4 Å². The summed E-state index contributed by atoms with van der Waals surface area (Å²) in [5, 5.41) is -0.292. The van der Waals surface area contributed by atoms with E-state index in [-0.39, 0.29) is 11.4 Å². The highest BCUT2D eigenvalue weighted by Gasteiger charge is 2.29. The molecule has 2 atom stereocenters. The SMILES string of the molecule is CS(=O)(=O)C1CCCC(Oc2cccc(C(N)=S)c2)C1. The maximum Gasteiger partial charge on any atom is 0.150 e. The van der Waals surface area contributed by atoms with Crippen molar-refractivity contribution in [1.29, 1.82) is 0 Å². The number of hydrogen-bond acceptors (Lipinski definition) is 4. The second-order valence-corrected chi connectivity index (χ2v) is 8.02. The van der Waals surface area contributed by atoms with Crippen LogP contribution >= 0.6 is 12.2 Å². The minimum atomic E-state index is -2.99. The Bertz CT molecular complexity index is 598. The van der Waals surface area contributed by atoms with E-state index < -0.39 is 9.84 Å². The Hall–Kier alpha value is -1.14. The number of nitrogens with two attached hydrogens (primary N) is 1. The van der Waals surface area contributed by atoms with Gasteiger partial charge in [0.2, 0.25) is 0 Å². The van der Waals surface area contributed by atoms with Crippen molar-refractivity contribution >= 4 is 27.0 Å². The van der Waals surface area contributed by atoms with Gasteiger partial charge < -0.3 is 10.5 Å². The number of sulfone groups is 1. The molecule has 0 saturated heterocycles. The Balaban J connectivity index is 2.06. The Labute approximate surface area is 125 Å². The van der Waals surface area contributed by atoms with Crippen LogP contribution in [-0.4, -0.2) is 31.0 Å². The molecule has 20 heavy (non-hydrogen) atoms. The van der Waals surface area contributed by atoms with Crippen LogP contribution in [0.1, 0.15) is 31.2 Å². The van der Waals surface area contributed by atoms with Crippen molar-refractivity contribution in [2.75, 3.05) is 6.26 Å². The Morgan fingerprint density at radius 3 is 2.80 bits per heavy atom. The monoisotopic (exact) mass is 313 g/mol. The van der Waals surface area contributed by atoms with Gasteiger partial charge in [0, 0.05) is 18.2 Å². The summed E-state index contributed by atoms with van der Waals surface area (Å²) in [7, 11) is -2.99. The highest BCUT2D eigenvalue weighted by Crippen LogP contribution is 2.27. The minimum Gasteiger partial charge on any atom is -0.490 e. The van der Waals surface area contributed by atoms with Gasteiger partial charge in [-0.15, -0.1) is 0 Å². The molecule has 0 heterocycles. The molecule has 6 heteroatoms. The van der Waals surface area contributed by atoms with Gasteiger partial charge in [0.15, 0.2) is 0 Å². The predicted molar refractivity (Wildman–Crippen MR) is 83.8 cm³/mol. The summed E-state index contributed by atoms with van der Waals surface area (Å²) in [6, 6.07) is 7.30. The number of thiocarbonyl (C=S) groups is 1. The summed E-state index contributed by atoms with van der Waals surface area (Å²) in [5.74, 6) is 0.689. The smallest absolute Gasteiger partial charge is 0.150 e. The quantitative estimate of drug-likeness (QED) is 0.862. The second kappa shape index (κ2) is 6.10. The third kappa shape index (κ3) is 3.93. The van der Waals surface area contributed by atoms with Gasteiger partial charge >= 0.3 is 0 Å². The van der Waals surface area contributed by atoms with Gasteiger partial charge in [0.25, 0.3) is 0 Å². The van der Waals surface area contributed by atoms with Crippen molar-refractivity contribution in [3.05, 3.63) is 29.8 Å². The van der Waals surface area contributed by atoms with Crippen molar-refractivity contribution in [3.8, 4) is 5.75 Å². The molecule has 0 aliphatic heterocycles. The lowest BCUT2D eigenvalue weighted by atomic mass is 9.97. The fourth-order valence-electron chi connectivity index (χ4n) is 2.51. The first kappa shape index (κ1) is 15.3. The summed E-state index contributed by atoms with van der Waals surface area (Å²) in [5.41, 5.74) is 6.35. The van der Waals surface area contributed by atoms with Gasteiger partial charge in [0.05, 0.1) is 11.4 Å². The van der Waals surface area contributed by atoms with E-state index in [4.69, 9.17) is 22.7 Å². The van der Waals surface area contributed by atoms with E-state index in [0.717, 1.165) is 24.8 Å². The lowest BCUT2D eigenvalue weighted by Crippen LogP contribution is -2.33. The standard InChI is InChI=1S/C14H19NO3S2/c1-20(16,17)13-7-3-6-12(9-13)18-11-5-2-4-10(8-11)14(15)19/h2,4-5,8,12-13H,3,6-7,9H2,1H3,(H2,15,19). The molecule has 2 rings (SSSR count). The lowest BCUT2D eigenvalue weighted by Gasteiger charge is -2.28. The average Bonchev–Trinajstić information content (AvgIpc) is 2.38. The van der Waals surface area contributed by atoms with E-state index in [1.165, 1.54) is 6.26 Å². The third-order valence-corrected chi connectivity index (χ3v) is 5.48. The van der Waals surface area contributed by atoms with Crippen LogP contribution in [0.4, 0.5) is 0 Å². The van der Waals surface area contributed by atoms with E-state index >= 15 is 0 Å². The maximum absolute atomic E-state index is 11.6. The highest BCUT2D eigenvalue weighted by molar-refractivity contribution is 7.91. The van der Waals surface area contributed by atoms with E-state index in [1.807, 2.05) is 18.2 Å². The predicted octanol–water partition coefficient (Wildman–Crippen LogP) is 2.06. The van der Waals surface area contributed by atoms with Gasteiger partial charge in [-0.05, 0) is 31.4 Å². The second-order valence-electron chi connectivity index (χ2n) is 5.25. The summed E-state index contributed by atoms with van der Waals surface area (Å²) >= 11 is 4.94. The van der Waals surface area contributed by atoms with Crippen molar-refractivity contribution in [2.45, 2.75) is 37.0 Å². The van der Waals surface area contributed by atoms with E-state index in [2.05, 4.69) is 0 Å². The molecule has 1 saturated carbocycles. The molecular formula is C14H19NO3S2. The van der Waals surface area contributed by atoms with Gasteiger partial charge in [-0.2, -0.15) is 0 Å². The van der Waals surface area contributed by atoms with E-state index in [9.17, 15) is 8.42 Å². The number of ether oxygens (including phenoxy) is 1. The summed E-state index contributed by atoms with van der Waals surface area (Å²) in [6.45, 7) is 0. The van der Waals surface area contributed by atoms with Crippen molar-refractivity contribution in [3.63, 3.8) is 0 Å². The molecule has 0 amide bonds. The third-order valence-electron chi connectivity index (χ3n) is 3.60. The Morgan fingerprint density at radius 2 is 2.15 bits per heavy atom. The molecule has 1 aliphatic carbocycles. The molecule has 0 bridgehead atoms. The zero-order valence-corrected chi connectivity index (χ0v) is 13.0. The first-order valence-corrected chi connectivity index (χ1v) is 8.98.